The first-order valence-electron chi connectivity index (χ1n) is 8.15. The van der Waals surface area contributed by atoms with Crippen LogP contribution in [0.3, 0.4) is 0 Å². The molecule has 0 bridgehead atoms. The van der Waals surface area contributed by atoms with Crippen molar-refractivity contribution in [3.8, 4) is 5.69 Å². The lowest BCUT2D eigenvalue weighted by molar-refractivity contribution is -0.120. The molecule has 1 aromatic heterocycles. The Labute approximate surface area is 137 Å². The molecule has 2 heterocycles. The normalized spacial score (nSPS) is 19.4. The number of benzene rings is 1. The number of hydrogen-bond acceptors (Lipinski definition) is 3. The molecular formula is C18H24N4O. The van der Waals surface area contributed by atoms with Crippen LogP contribution >= 0.6 is 0 Å². The van der Waals surface area contributed by atoms with Gasteiger partial charge in [0.05, 0.1) is 5.69 Å². The van der Waals surface area contributed by atoms with Crippen LogP contribution in [-0.4, -0.2) is 39.7 Å². The van der Waals surface area contributed by atoms with Crippen LogP contribution in [0.5, 0.6) is 0 Å². The van der Waals surface area contributed by atoms with Crippen LogP contribution in [0.2, 0.25) is 0 Å². The lowest BCUT2D eigenvalue weighted by Gasteiger charge is -2.27. The smallest absolute Gasteiger partial charge is 0.221 e. The van der Waals surface area contributed by atoms with Crippen LogP contribution < -0.4 is 5.32 Å². The van der Waals surface area contributed by atoms with Crippen molar-refractivity contribution in [3.63, 3.8) is 0 Å². The van der Waals surface area contributed by atoms with Gasteiger partial charge in [0.2, 0.25) is 5.91 Å². The predicted molar refractivity (Wildman–Crippen MR) is 90.5 cm³/mol. The molecule has 3 rings (SSSR count). The van der Waals surface area contributed by atoms with E-state index in [0.29, 0.717) is 19.0 Å². The van der Waals surface area contributed by atoms with Crippen molar-refractivity contribution >= 4 is 5.91 Å². The number of aryl methyl sites for hydroxylation is 2. The molecule has 0 spiro atoms. The van der Waals surface area contributed by atoms with Gasteiger partial charge in [-0.15, -0.1) is 0 Å². The fraction of sp³-hybridized carbons (Fsp3) is 0.444. The van der Waals surface area contributed by atoms with Crippen LogP contribution in [0.15, 0.2) is 30.6 Å². The Morgan fingerprint density at radius 3 is 2.91 bits per heavy atom. The van der Waals surface area contributed by atoms with Crippen molar-refractivity contribution in [3.05, 3.63) is 47.3 Å². The van der Waals surface area contributed by atoms with Crippen LogP contribution in [0, 0.1) is 13.8 Å². The summed E-state index contributed by atoms with van der Waals surface area (Å²) in [6.07, 6.45) is 4.35. The number of rotatable bonds is 3. The summed E-state index contributed by atoms with van der Waals surface area (Å²) in [6.45, 7) is 8.75. The zero-order valence-electron chi connectivity index (χ0n) is 14.0. The van der Waals surface area contributed by atoms with Gasteiger partial charge in [-0.2, -0.15) is 5.10 Å². The summed E-state index contributed by atoms with van der Waals surface area (Å²) < 4.78 is 1.94. The zero-order chi connectivity index (χ0) is 16.4. The van der Waals surface area contributed by atoms with Crippen molar-refractivity contribution in [1.82, 2.24) is 20.0 Å². The highest BCUT2D eigenvalue weighted by Crippen LogP contribution is 2.23. The monoisotopic (exact) mass is 312 g/mol. The molecule has 0 saturated carbocycles. The molecule has 122 valence electrons. The van der Waals surface area contributed by atoms with Gasteiger partial charge in [0, 0.05) is 44.5 Å². The van der Waals surface area contributed by atoms with Gasteiger partial charge >= 0.3 is 0 Å². The van der Waals surface area contributed by atoms with Gasteiger partial charge in [0.25, 0.3) is 0 Å². The Morgan fingerprint density at radius 1 is 1.35 bits per heavy atom. The molecule has 0 aliphatic carbocycles. The van der Waals surface area contributed by atoms with Crippen LogP contribution in [0.1, 0.15) is 30.0 Å². The van der Waals surface area contributed by atoms with E-state index in [1.807, 2.05) is 16.9 Å². The molecule has 0 unspecified atom stereocenters. The van der Waals surface area contributed by atoms with Gasteiger partial charge in [-0.05, 0) is 38.0 Å². The van der Waals surface area contributed by atoms with E-state index in [1.165, 1.54) is 16.7 Å². The topological polar surface area (TPSA) is 50.2 Å². The molecule has 2 aromatic rings. The molecule has 1 aromatic carbocycles. The number of carbonyl (C=O) groups excluding carboxylic acids is 1. The van der Waals surface area contributed by atoms with Gasteiger partial charge in [-0.1, -0.05) is 17.7 Å². The van der Waals surface area contributed by atoms with Gasteiger partial charge in [-0.25, -0.2) is 4.68 Å². The summed E-state index contributed by atoms with van der Waals surface area (Å²) in [4.78, 5) is 14.0. The summed E-state index contributed by atoms with van der Waals surface area (Å²) in [5.41, 5.74) is 4.88. The summed E-state index contributed by atoms with van der Waals surface area (Å²) >= 11 is 0. The van der Waals surface area contributed by atoms with Crippen molar-refractivity contribution in [2.24, 2.45) is 0 Å². The second-order valence-electron chi connectivity index (χ2n) is 6.41. The fourth-order valence-corrected chi connectivity index (χ4v) is 3.30. The average Bonchev–Trinajstić information content (AvgIpc) is 2.96. The largest absolute Gasteiger partial charge is 0.355 e. The maximum absolute atomic E-state index is 11.6. The lowest BCUT2D eigenvalue weighted by Crippen LogP contribution is -2.37. The number of aromatic nitrogens is 2. The van der Waals surface area contributed by atoms with E-state index in [-0.39, 0.29) is 5.91 Å². The molecule has 1 saturated heterocycles. The third-order valence-electron chi connectivity index (χ3n) is 4.47. The number of nitrogens with one attached hydrogen (secondary N) is 1. The van der Waals surface area contributed by atoms with Crippen molar-refractivity contribution in [1.29, 1.82) is 0 Å². The molecule has 5 heteroatoms. The SMILES string of the molecule is Cc1cc(C)c(-n2cccn2)c(CN2CCC(=O)NC[C@H]2C)c1. The number of amides is 1. The highest BCUT2D eigenvalue weighted by Gasteiger charge is 2.22. The fourth-order valence-electron chi connectivity index (χ4n) is 3.30. The summed E-state index contributed by atoms with van der Waals surface area (Å²) in [5.74, 6) is 0.145. The quantitative estimate of drug-likeness (QED) is 0.945. The second-order valence-corrected chi connectivity index (χ2v) is 6.41. The van der Waals surface area contributed by atoms with E-state index in [1.54, 1.807) is 6.20 Å². The van der Waals surface area contributed by atoms with Gasteiger partial charge in [0.15, 0.2) is 0 Å². The minimum atomic E-state index is 0.145. The molecule has 23 heavy (non-hydrogen) atoms. The molecule has 1 fully saturated rings. The average molecular weight is 312 g/mol. The first-order valence-corrected chi connectivity index (χ1v) is 8.15. The van der Waals surface area contributed by atoms with E-state index in [9.17, 15) is 4.79 Å². The standard InChI is InChI=1S/C18H24N4O/c1-13-9-14(2)18(22-7-4-6-20-22)16(10-13)12-21-8-5-17(23)19-11-15(21)3/h4,6-7,9-10,15H,5,8,11-12H2,1-3H3,(H,19,23)/t15-/m1/s1. The van der Waals surface area contributed by atoms with E-state index >= 15 is 0 Å². The van der Waals surface area contributed by atoms with Crippen molar-refractivity contribution in [2.75, 3.05) is 13.1 Å². The maximum atomic E-state index is 11.6. The third kappa shape index (κ3) is 3.45. The van der Waals surface area contributed by atoms with E-state index in [0.717, 1.165) is 18.8 Å². The van der Waals surface area contributed by atoms with Crippen molar-refractivity contribution in [2.45, 2.75) is 39.8 Å². The van der Waals surface area contributed by atoms with Gasteiger partial charge in [0.1, 0.15) is 0 Å². The Balaban J connectivity index is 1.94. The minimum Gasteiger partial charge on any atom is -0.355 e. The van der Waals surface area contributed by atoms with E-state index < -0.39 is 0 Å². The molecule has 1 N–H and O–H groups in total. The number of nitrogens with zero attached hydrogens (tertiary/aromatic N) is 3. The Kier molecular flexibility index (Phi) is 4.48. The molecule has 1 atom stereocenters. The molecule has 5 nitrogen and oxygen atoms in total. The molecule has 1 aliphatic heterocycles. The van der Waals surface area contributed by atoms with Crippen molar-refractivity contribution < 1.29 is 4.79 Å². The maximum Gasteiger partial charge on any atom is 0.221 e. The first kappa shape index (κ1) is 15.7. The Hall–Kier alpha value is -2.14. The van der Waals surface area contributed by atoms with Crippen LogP contribution in [-0.2, 0) is 11.3 Å². The number of hydrogen-bond donors (Lipinski definition) is 1. The minimum absolute atomic E-state index is 0.145. The molecule has 0 radical (unpaired) electrons. The first-order chi connectivity index (χ1) is 11.0. The highest BCUT2D eigenvalue weighted by atomic mass is 16.1. The summed E-state index contributed by atoms with van der Waals surface area (Å²) in [7, 11) is 0. The second kappa shape index (κ2) is 6.54. The number of carbonyl (C=O) groups is 1. The van der Waals surface area contributed by atoms with Crippen LogP contribution in [0.25, 0.3) is 5.69 Å². The van der Waals surface area contributed by atoms with Gasteiger partial charge < -0.3 is 5.32 Å². The Bertz CT molecular complexity index is 693. The predicted octanol–water partition coefficient (Wildman–Crippen LogP) is 2.20. The molecular weight excluding hydrogens is 288 g/mol. The molecule has 1 amide bonds. The third-order valence-corrected chi connectivity index (χ3v) is 4.47. The van der Waals surface area contributed by atoms with Crippen LogP contribution in [0.4, 0.5) is 0 Å². The van der Waals surface area contributed by atoms with Gasteiger partial charge in [-0.3, -0.25) is 9.69 Å². The van der Waals surface area contributed by atoms with E-state index in [2.05, 4.69) is 48.2 Å². The molecule has 1 aliphatic rings. The lowest BCUT2D eigenvalue weighted by atomic mass is 10.0. The Morgan fingerprint density at radius 2 is 2.17 bits per heavy atom. The summed E-state index contributed by atoms with van der Waals surface area (Å²) in [5, 5.41) is 7.39. The highest BCUT2D eigenvalue weighted by molar-refractivity contribution is 5.76. The zero-order valence-corrected chi connectivity index (χ0v) is 14.0. The van der Waals surface area contributed by atoms with E-state index in [4.69, 9.17) is 0 Å². The summed E-state index contributed by atoms with van der Waals surface area (Å²) in [6, 6.07) is 6.70.